The Bertz CT molecular complexity index is 475. The Hall–Kier alpha value is -1.56. The van der Waals surface area contributed by atoms with E-state index in [9.17, 15) is 4.79 Å². The molecule has 84 valence electrons. The summed E-state index contributed by atoms with van der Waals surface area (Å²) in [6.45, 7) is 4.18. The summed E-state index contributed by atoms with van der Waals surface area (Å²) in [5.74, 6) is 0.441. The highest BCUT2D eigenvalue weighted by Crippen LogP contribution is 2.17. The van der Waals surface area contributed by atoms with Gasteiger partial charge in [-0.25, -0.2) is 4.98 Å². The van der Waals surface area contributed by atoms with E-state index in [-0.39, 0.29) is 0 Å². The molecule has 6 heteroatoms. The summed E-state index contributed by atoms with van der Waals surface area (Å²) >= 11 is 1.47. The lowest BCUT2D eigenvalue weighted by Crippen LogP contribution is -2.06. The molecular weight excluding hydrogens is 224 g/mol. The largest absolute Gasteiger partial charge is 0.296 e. The van der Waals surface area contributed by atoms with Gasteiger partial charge in [0.1, 0.15) is 5.69 Å². The Morgan fingerprint density at radius 2 is 2.38 bits per heavy atom. The highest BCUT2D eigenvalue weighted by Gasteiger charge is 2.16. The third-order valence-corrected chi connectivity index (χ3v) is 2.85. The second-order valence-corrected chi connectivity index (χ2v) is 4.74. The van der Waals surface area contributed by atoms with E-state index in [2.05, 4.69) is 29.1 Å². The highest BCUT2D eigenvalue weighted by molar-refractivity contribution is 7.12. The molecule has 0 spiro atoms. The van der Waals surface area contributed by atoms with E-state index in [0.29, 0.717) is 11.6 Å². The van der Waals surface area contributed by atoms with Crippen molar-refractivity contribution in [3.8, 4) is 5.13 Å². The van der Waals surface area contributed by atoms with E-state index in [1.54, 1.807) is 10.9 Å². The topological polar surface area (TPSA) is 60.7 Å². The van der Waals surface area contributed by atoms with Crippen molar-refractivity contribution in [2.45, 2.75) is 20.3 Å². The number of hydrogen-bond acceptors (Lipinski definition) is 5. The van der Waals surface area contributed by atoms with Gasteiger partial charge in [-0.2, -0.15) is 4.68 Å². The van der Waals surface area contributed by atoms with E-state index < -0.39 is 0 Å². The van der Waals surface area contributed by atoms with Crippen LogP contribution in [0.4, 0.5) is 0 Å². The van der Waals surface area contributed by atoms with Gasteiger partial charge in [-0.15, -0.1) is 16.4 Å². The van der Waals surface area contributed by atoms with Crippen molar-refractivity contribution in [1.29, 1.82) is 0 Å². The summed E-state index contributed by atoms with van der Waals surface area (Å²) in [6, 6.07) is 0. The van der Waals surface area contributed by atoms with Crippen molar-refractivity contribution in [2.24, 2.45) is 5.92 Å². The van der Waals surface area contributed by atoms with Crippen LogP contribution in [0, 0.1) is 5.92 Å². The van der Waals surface area contributed by atoms with Crippen LogP contribution in [0.25, 0.3) is 5.13 Å². The normalized spacial score (nSPS) is 10.9. The lowest BCUT2D eigenvalue weighted by Gasteiger charge is -2.05. The Morgan fingerprint density at radius 3 is 2.94 bits per heavy atom. The number of aromatic nitrogens is 4. The number of nitrogens with zero attached hydrogens (tertiary/aromatic N) is 4. The lowest BCUT2D eigenvalue weighted by molar-refractivity contribution is 0.111. The average molecular weight is 236 g/mol. The van der Waals surface area contributed by atoms with Crippen LogP contribution in [0.15, 0.2) is 11.6 Å². The van der Waals surface area contributed by atoms with Crippen LogP contribution in [0.2, 0.25) is 0 Å². The zero-order valence-electron chi connectivity index (χ0n) is 9.12. The van der Waals surface area contributed by atoms with Crippen molar-refractivity contribution in [3.05, 3.63) is 23.0 Å². The Morgan fingerprint density at radius 1 is 1.56 bits per heavy atom. The third kappa shape index (κ3) is 2.01. The summed E-state index contributed by atoms with van der Waals surface area (Å²) < 4.78 is 1.65. The first kappa shape index (κ1) is 10.9. The third-order valence-electron chi connectivity index (χ3n) is 2.11. The van der Waals surface area contributed by atoms with Crippen LogP contribution in [0.1, 0.15) is 30.0 Å². The number of carbonyl (C=O) groups excluding carboxylic acids is 1. The fourth-order valence-corrected chi connectivity index (χ4v) is 2.07. The van der Waals surface area contributed by atoms with Gasteiger partial charge in [0.05, 0.1) is 5.69 Å². The minimum Gasteiger partial charge on any atom is -0.296 e. The van der Waals surface area contributed by atoms with Crippen molar-refractivity contribution in [1.82, 2.24) is 20.0 Å². The van der Waals surface area contributed by atoms with Gasteiger partial charge in [0.15, 0.2) is 6.29 Å². The standard InChI is InChI=1S/C10H12N4OS/c1-7(2)5-9-8(6-15)12-13-14(9)10-11-3-4-16-10/h3-4,6-7H,5H2,1-2H3. The molecule has 0 amide bonds. The molecule has 0 fully saturated rings. The Kier molecular flexibility index (Phi) is 3.09. The number of carbonyl (C=O) groups is 1. The summed E-state index contributed by atoms with van der Waals surface area (Å²) in [7, 11) is 0. The van der Waals surface area contributed by atoms with Gasteiger partial charge in [-0.05, 0) is 12.3 Å². The molecule has 0 radical (unpaired) electrons. The van der Waals surface area contributed by atoms with Gasteiger partial charge in [-0.3, -0.25) is 4.79 Å². The van der Waals surface area contributed by atoms with Gasteiger partial charge >= 0.3 is 0 Å². The van der Waals surface area contributed by atoms with Gasteiger partial charge in [0, 0.05) is 11.6 Å². The number of aldehydes is 1. The van der Waals surface area contributed by atoms with Gasteiger partial charge < -0.3 is 0 Å². The smallest absolute Gasteiger partial charge is 0.211 e. The number of rotatable bonds is 4. The Balaban J connectivity index is 2.45. The highest BCUT2D eigenvalue weighted by atomic mass is 32.1. The van der Waals surface area contributed by atoms with E-state index >= 15 is 0 Å². The quantitative estimate of drug-likeness (QED) is 0.758. The fourth-order valence-electron chi connectivity index (χ4n) is 1.46. The molecule has 2 aromatic rings. The fraction of sp³-hybridized carbons (Fsp3) is 0.400. The molecule has 16 heavy (non-hydrogen) atoms. The van der Waals surface area contributed by atoms with Gasteiger partial charge in [-0.1, -0.05) is 19.1 Å². The van der Waals surface area contributed by atoms with E-state index in [4.69, 9.17) is 0 Å². The maximum atomic E-state index is 10.9. The second-order valence-electron chi connectivity index (χ2n) is 3.86. The monoisotopic (exact) mass is 236 g/mol. The molecule has 2 heterocycles. The summed E-state index contributed by atoms with van der Waals surface area (Å²) in [5, 5.41) is 10.4. The molecule has 0 aliphatic carbocycles. The maximum absolute atomic E-state index is 10.9. The van der Waals surface area contributed by atoms with Gasteiger partial charge in [0.2, 0.25) is 5.13 Å². The van der Waals surface area contributed by atoms with Crippen LogP contribution in [-0.2, 0) is 6.42 Å². The summed E-state index contributed by atoms with van der Waals surface area (Å²) in [5.41, 5.74) is 1.24. The van der Waals surface area contributed by atoms with Gasteiger partial charge in [0.25, 0.3) is 0 Å². The molecule has 0 aliphatic rings. The van der Waals surface area contributed by atoms with E-state index in [1.807, 2.05) is 5.38 Å². The van der Waals surface area contributed by atoms with Crippen LogP contribution in [0.5, 0.6) is 0 Å². The SMILES string of the molecule is CC(C)Cc1c(C=O)nnn1-c1nccs1. The number of hydrogen-bond donors (Lipinski definition) is 0. The molecule has 0 aromatic carbocycles. The second kappa shape index (κ2) is 4.52. The zero-order chi connectivity index (χ0) is 11.5. The van der Waals surface area contributed by atoms with Crippen LogP contribution >= 0.6 is 11.3 Å². The molecule has 0 atom stereocenters. The first-order valence-electron chi connectivity index (χ1n) is 5.02. The summed E-state index contributed by atoms with van der Waals surface area (Å²) in [6.07, 6.45) is 3.22. The number of thiazole rings is 1. The molecule has 0 saturated heterocycles. The minimum atomic E-state index is 0.406. The molecule has 0 N–H and O–H groups in total. The van der Waals surface area contributed by atoms with Crippen LogP contribution in [-0.4, -0.2) is 26.3 Å². The Labute approximate surface area is 97.1 Å². The maximum Gasteiger partial charge on any atom is 0.211 e. The lowest BCUT2D eigenvalue weighted by atomic mass is 10.1. The van der Waals surface area contributed by atoms with Crippen molar-refractivity contribution >= 4 is 17.6 Å². The van der Waals surface area contributed by atoms with Crippen LogP contribution < -0.4 is 0 Å². The molecule has 5 nitrogen and oxygen atoms in total. The summed E-state index contributed by atoms with van der Waals surface area (Å²) in [4.78, 5) is 15.0. The molecule has 2 aromatic heterocycles. The predicted molar refractivity (Wildman–Crippen MR) is 61.0 cm³/mol. The molecule has 2 rings (SSSR count). The zero-order valence-corrected chi connectivity index (χ0v) is 9.94. The molecular formula is C10H12N4OS. The average Bonchev–Trinajstić information content (AvgIpc) is 2.84. The first-order chi connectivity index (χ1) is 7.72. The molecule has 0 aliphatic heterocycles. The first-order valence-corrected chi connectivity index (χ1v) is 5.90. The van der Waals surface area contributed by atoms with E-state index in [1.165, 1.54) is 11.3 Å². The minimum absolute atomic E-state index is 0.406. The predicted octanol–water partition coefficient (Wildman–Crippen LogP) is 1.73. The van der Waals surface area contributed by atoms with E-state index in [0.717, 1.165) is 23.5 Å². The molecule has 0 saturated carbocycles. The molecule has 0 unspecified atom stereocenters. The van der Waals surface area contributed by atoms with Crippen molar-refractivity contribution < 1.29 is 4.79 Å². The van der Waals surface area contributed by atoms with Crippen molar-refractivity contribution in [2.75, 3.05) is 0 Å². The van der Waals surface area contributed by atoms with Crippen molar-refractivity contribution in [3.63, 3.8) is 0 Å². The molecule has 0 bridgehead atoms. The van der Waals surface area contributed by atoms with Crippen LogP contribution in [0.3, 0.4) is 0 Å².